The fourth-order valence-electron chi connectivity index (χ4n) is 2.36. The molecule has 0 spiro atoms. The first-order valence-electron chi connectivity index (χ1n) is 7.91. The van der Waals surface area contributed by atoms with E-state index in [1.807, 2.05) is 18.2 Å². The van der Waals surface area contributed by atoms with Crippen molar-refractivity contribution < 1.29 is 9.53 Å². The number of rotatable bonds is 7. The predicted molar refractivity (Wildman–Crippen MR) is 102 cm³/mol. The van der Waals surface area contributed by atoms with Crippen molar-refractivity contribution in [2.45, 2.75) is 24.9 Å². The molecule has 0 saturated carbocycles. The molecule has 0 aromatic heterocycles. The number of nitrogens with two attached hydrogens (primary N) is 1. The number of methoxy groups -OCH3 is 1. The lowest BCUT2D eigenvalue weighted by atomic mass is 10.1. The summed E-state index contributed by atoms with van der Waals surface area (Å²) in [7, 11) is 1.57. The minimum atomic E-state index is -0.131. The average molecular weight is 344 g/mol. The first-order chi connectivity index (χ1) is 11.5. The summed E-state index contributed by atoms with van der Waals surface area (Å²) >= 11 is 1.65. The second kappa shape index (κ2) is 8.64. The van der Waals surface area contributed by atoms with Crippen LogP contribution in [-0.2, 0) is 10.5 Å². The topological polar surface area (TPSA) is 64.3 Å². The molecule has 0 heterocycles. The zero-order valence-corrected chi connectivity index (χ0v) is 15.1. The van der Waals surface area contributed by atoms with Gasteiger partial charge in [0.15, 0.2) is 0 Å². The van der Waals surface area contributed by atoms with E-state index in [9.17, 15) is 4.79 Å². The van der Waals surface area contributed by atoms with Crippen molar-refractivity contribution in [3.63, 3.8) is 0 Å². The smallest absolute Gasteiger partial charge is 0.237 e. The highest BCUT2D eigenvalue weighted by atomic mass is 32.2. The second-order valence-corrected chi connectivity index (χ2v) is 7.04. The standard InChI is InChI=1S/C19H24N2O2S/c1-13(2)18(24-12-14-7-5-4-6-8-14)19(22)21-15-9-10-17(23-3)16(20)11-15/h4-11,13,18H,12,20H2,1-3H3,(H,21,22). The van der Waals surface area contributed by atoms with Gasteiger partial charge in [0.2, 0.25) is 5.91 Å². The fraction of sp³-hybridized carbons (Fsp3) is 0.316. The lowest BCUT2D eigenvalue weighted by molar-refractivity contribution is -0.116. The molecule has 2 rings (SSSR count). The molecule has 0 bridgehead atoms. The number of carbonyl (C=O) groups excluding carboxylic acids is 1. The van der Waals surface area contributed by atoms with Gasteiger partial charge >= 0.3 is 0 Å². The molecule has 1 amide bonds. The number of thioether (sulfide) groups is 1. The van der Waals surface area contributed by atoms with Crippen molar-refractivity contribution in [3.8, 4) is 5.75 Å². The first kappa shape index (κ1) is 18.2. The van der Waals surface area contributed by atoms with E-state index in [1.54, 1.807) is 37.1 Å². The normalized spacial score (nSPS) is 12.0. The largest absolute Gasteiger partial charge is 0.495 e. The molecule has 0 aliphatic carbocycles. The number of anilines is 2. The molecule has 3 N–H and O–H groups in total. The third kappa shape index (κ3) is 4.93. The molecule has 2 aromatic carbocycles. The van der Waals surface area contributed by atoms with E-state index in [0.29, 0.717) is 17.1 Å². The van der Waals surface area contributed by atoms with Crippen LogP contribution in [0.2, 0.25) is 0 Å². The maximum Gasteiger partial charge on any atom is 0.237 e. The van der Waals surface area contributed by atoms with Crippen molar-refractivity contribution in [2.75, 3.05) is 18.2 Å². The van der Waals surface area contributed by atoms with Crippen LogP contribution in [0.5, 0.6) is 5.75 Å². The van der Waals surface area contributed by atoms with Crippen molar-refractivity contribution >= 4 is 29.0 Å². The Balaban J connectivity index is 2.02. The zero-order chi connectivity index (χ0) is 17.5. The van der Waals surface area contributed by atoms with Gasteiger partial charge in [-0.25, -0.2) is 0 Å². The Bertz CT molecular complexity index is 674. The van der Waals surface area contributed by atoms with Crippen molar-refractivity contribution in [3.05, 3.63) is 54.1 Å². The number of amides is 1. The van der Waals surface area contributed by atoms with Gasteiger partial charge in [0.1, 0.15) is 5.75 Å². The van der Waals surface area contributed by atoms with Gasteiger partial charge in [0, 0.05) is 11.4 Å². The summed E-state index contributed by atoms with van der Waals surface area (Å²) in [4.78, 5) is 12.6. The molecule has 128 valence electrons. The van der Waals surface area contributed by atoms with Crippen molar-refractivity contribution in [2.24, 2.45) is 5.92 Å². The van der Waals surface area contributed by atoms with E-state index in [0.717, 1.165) is 5.75 Å². The predicted octanol–water partition coefficient (Wildman–Crippen LogP) is 4.17. The average Bonchev–Trinajstić information content (AvgIpc) is 2.56. The van der Waals surface area contributed by atoms with Gasteiger partial charge in [-0.2, -0.15) is 0 Å². The maximum atomic E-state index is 12.6. The van der Waals surface area contributed by atoms with Crippen LogP contribution in [0.1, 0.15) is 19.4 Å². The molecule has 1 atom stereocenters. The Hall–Kier alpha value is -2.14. The van der Waals surface area contributed by atoms with E-state index in [-0.39, 0.29) is 17.1 Å². The van der Waals surface area contributed by atoms with E-state index in [4.69, 9.17) is 10.5 Å². The number of hydrogen-bond donors (Lipinski definition) is 2. The quantitative estimate of drug-likeness (QED) is 0.740. The summed E-state index contributed by atoms with van der Waals surface area (Å²) in [5.74, 6) is 1.64. The lowest BCUT2D eigenvalue weighted by Gasteiger charge is -2.20. The van der Waals surface area contributed by atoms with Gasteiger partial charge in [-0.15, -0.1) is 11.8 Å². The van der Waals surface area contributed by atoms with Crippen LogP contribution in [0.4, 0.5) is 11.4 Å². The summed E-state index contributed by atoms with van der Waals surface area (Å²) in [6.07, 6.45) is 0. The van der Waals surface area contributed by atoms with Crippen LogP contribution < -0.4 is 15.8 Å². The molecule has 2 aromatic rings. The van der Waals surface area contributed by atoms with Crippen LogP contribution in [-0.4, -0.2) is 18.3 Å². The van der Waals surface area contributed by atoms with E-state index in [1.165, 1.54) is 5.56 Å². The highest BCUT2D eigenvalue weighted by molar-refractivity contribution is 7.99. The second-order valence-electron chi connectivity index (χ2n) is 5.91. The molecule has 0 fully saturated rings. The summed E-state index contributed by atoms with van der Waals surface area (Å²) in [6, 6.07) is 15.4. The Kier molecular flexibility index (Phi) is 6.55. The van der Waals surface area contributed by atoms with E-state index >= 15 is 0 Å². The number of carbonyl (C=O) groups is 1. The minimum Gasteiger partial charge on any atom is -0.495 e. The zero-order valence-electron chi connectivity index (χ0n) is 14.3. The number of nitrogens with one attached hydrogen (secondary N) is 1. The van der Waals surface area contributed by atoms with Gasteiger partial charge in [-0.1, -0.05) is 44.2 Å². The van der Waals surface area contributed by atoms with Crippen molar-refractivity contribution in [1.82, 2.24) is 0 Å². The Morgan fingerprint density at radius 2 is 1.92 bits per heavy atom. The minimum absolute atomic E-state index is 0.00417. The van der Waals surface area contributed by atoms with Crippen LogP contribution in [0.15, 0.2) is 48.5 Å². The third-order valence-electron chi connectivity index (χ3n) is 3.63. The van der Waals surface area contributed by atoms with Crippen LogP contribution in [0.3, 0.4) is 0 Å². The van der Waals surface area contributed by atoms with Crippen LogP contribution in [0, 0.1) is 5.92 Å². The number of nitrogen functional groups attached to an aromatic ring is 1. The molecule has 4 nitrogen and oxygen atoms in total. The summed E-state index contributed by atoms with van der Waals surface area (Å²) in [5, 5.41) is 2.83. The van der Waals surface area contributed by atoms with E-state index < -0.39 is 0 Å². The fourth-order valence-corrected chi connectivity index (χ4v) is 3.52. The van der Waals surface area contributed by atoms with Gasteiger partial charge in [0.25, 0.3) is 0 Å². The lowest BCUT2D eigenvalue weighted by Crippen LogP contribution is -2.29. The molecular weight excluding hydrogens is 320 g/mol. The van der Waals surface area contributed by atoms with Gasteiger partial charge in [-0.05, 0) is 29.7 Å². The van der Waals surface area contributed by atoms with E-state index in [2.05, 4.69) is 31.3 Å². The summed E-state index contributed by atoms with van der Waals surface area (Å²) < 4.78 is 5.14. The third-order valence-corrected chi connectivity index (χ3v) is 5.25. The van der Waals surface area contributed by atoms with Gasteiger partial charge in [0.05, 0.1) is 18.0 Å². The molecule has 24 heavy (non-hydrogen) atoms. The van der Waals surface area contributed by atoms with Crippen molar-refractivity contribution in [1.29, 1.82) is 0 Å². The molecule has 0 radical (unpaired) electrons. The Labute approximate surface area is 147 Å². The van der Waals surface area contributed by atoms with Crippen LogP contribution in [0.25, 0.3) is 0 Å². The van der Waals surface area contributed by atoms with Crippen LogP contribution >= 0.6 is 11.8 Å². The summed E-state index contributed by atoms with van der Waals surface area (Å²) in [5.41, 5.74) is 8.31. The molecular formula is C19H24N2O2S. The molecule has 1 unspecified atom stereocenters. The Morgan fingerprint density at radius 3 is 2.50 bits per heavy atom. The van der Waals surface area contributed by atoms with Gasteiger partial charge < -0.3 is 15.8 Å². The maximum absolute atomic E-state index is 12.6. The number of hydrogen-bond acceptors (Lipinski definition) is 4. The Morgan fingerprint density at radius 1 is 1.21 bits per heavy atom. The molecule has 5 heteroatoms. The number of benzene rings is 2. The SMILES string of the molecule is COc1ccc(NC(=O)C(SCc2ccccc2)C(C)C)cc1N. The molecule has 0 aliphatic heterocycles. The highest BCUT2D eigenvalue weighted by Gasteiger charge is 2.23. The first-order valence-corrected chi connectivity index (χ1v) is 8.96. The number of ether oxygens (including phenoxy) is 1. The highest BCUT2D eigenvalue weighted by Crippen LogP contribution is 2.28. The molecule has 0 saturated heterocycles. The van der Waals surface area contributed by atoms with Gasteiger partial charge in [-0.3, -0.25) is 4.79 Å². The summed E-state index contributed by atoms with van der Waals surface area (Å²) in [6.45, 7) is 4.12. The monoisotopic (exact) mass is 344 g/mol. The molecule has 0 aliphatic rings.